The van der Waals surface area contributed by atoms with E-state index >= 15 is 0 Å². The van der Waals surface area contributed by atoms with Crippen molar-refractivity contribution in [3.8, 4) is 0 Å². The van der Waals surface area contributed by atoms with E-state index in [4.69, 9.17) is 0 Å². The smallest absolute Gasteiger partial charge is 0.207 e. The minimum Gasteiger partial charge on any atom is -0.207 e. The van der Waals surface area contributed by atoms with Crippen molar-refractivity contribution in [1.82, 2.24) is 4.31 Å². The highest BCUT2D eigenvalue weighted by Crippen LogP contribution is 2.20. The summed E-state index contributed by atoms with van der Waals surface area (Å²) in [5.74, 6) is 0. The van der Waals surface area contributed by atoms with Crippen LogP contribution in [-0.4, -0.2) is 25.3 Å². The van der Waals surface area contributed by atoms with Crippen molar-refractivity contribution >= 4 is 10.0 Å². The zero-order valence-corrected chi connectivity index (χ0v) is 13.1. The second kappa shape index (κ2) is 7.41. The molecule has 0 spiro atoms. The SMILES string of the molecule is C=CCCCN(C(C)C=C)S(=O)(=O)c1ccc(C)cc1. The molecular formula is C16H23NO2S. The summed E-state index contributed by atoms with van der Waals surface area (Å²) in [6, 6.07) is 6.70. The van der Waals surface area contributed by atoms with Crippen LogP contribution in [0.15, 0.2) is 54.5 Å². The van der Waals surface area contributed by atoms with Gasteiger partial charge in [0.2, 0.25) is 10.0 Å². The normalized spacial score (nSPS) is 13.2. The van der Waals surface area contributed by atoms with Gasteiger partial charge in [-0.2, -0.15) is 4.31 Å². The third-order valence-electron chi connectivity index (χ3n) is 3.21. The molecule has 0 fully saturated rings. The Kier molecular flexibility index (Phi) is 6.17. The topological polar surface area (TPSA) is 37.4 Å². The largest absolute Gasteiger partial charge is 0.243 e. The third-order valence-corrected chi connectivity index (χ3v) is 5.21. The zero-order chi connectivity index (χ0) is 15.2. The zero-order valence-electron chi connectivity index (χ0n) is 12.2. The molecule has 0 radical (unpaired) electrons. The van der Waals surface area contributed by atoms with Gasteiger partial charge in [-0.25, -0.2) is 8.42 Å². The summed E-state index contributed by atoms with van der Waals surface area (Å²) >= 11 is 0. The second-order valence-corrected chi connectivity index (χ2v) is 6.73. The molecule has 1 unspecified atom stereocenters. The molecule has 1 aromatic carbocycles. The lowest BCUT2D eigenvalue weighted by atomic mass is 10.2. The van der Waals surface area contributed by atoms with Crippen LogP contribution in [0.5, 0.6) is 0 Å². The van der Waals surface area contributed by atoms with E-state index in [1.807, 2.05) is 26.0 Å². The van der Waals surface area contributed by atoms with E-state index in [0.717, 1.165) is 18.4 Å². The van der Waals surface area contributed by atoms with Gasteiger partial charge in [-0.1, -0.05) is 29.8 Å². The molecule has 0 aromatic heterocycles. The fraction of sp³-hybridized carbons (Fsp3) is 0.375. The average molecular weight is 293 g/mol. The molecule has 1 aromatic rings. The molecule has 4 heteroatoms. The van der Waals surface area contributed by atoms with Crippen LogP contribution in [-0.2, 0) is 10.0 Å². The highest BCUT2D eigenvalue weighted by Gasteiger charge is 2.26. The maximum absolute atomic E-state index is 12.7. The van der Waals surface area contributed by atoms with Crippen molar-refractivity contribution in [3.63, 3.8) is 0 Å². The van der Waals surface area contributed by atoms with Crippen LogP contribution in [0.4, 0.5) is 0 Å². The average Bonchev–Trinajstić information content (AvgIpc) is 2.43. The maximum atomic E-state index is 12.7. The summed E-state index contributed by atoms with van der Waals surface area (Å²) in [6.45, 7) is 11.6. The van der Waals surface area contributed by atoms with Crippen molar-refractivity contribution in [2.24, 2.45) is 0 Å². The van der Waals surface area contributed by atoms with Crippen molar-refractivity contribution in [1.29, 1.82) is 0 Å². The lowest BCUT2D eigenvalue weighted by molar-refractivity contribution is 0.373. The van der Waals surface area contributed by atoms with E-state index in [1.54, 1.807) is 24.3 Å². The van der Waals surface area contributed by atoms with E-state index in [0.29, 0.717) is 11.4 Å². The molecule has 1 atom stereocenters. The van der Waals surface area contributed by atoms with Gasteiger partial charge in [0, 0.05) is 12.6 Å². The Morgan fingerprint density at radius 1 is 1.25 bits per heavy atom. The first kappa shape index (κ1) is 16.7. The lowest BCUT2D eigenvalue weighted by Gasteiger charge is -2.26. The van der Waals surface area contributed by atoms with Gasteiger partial charge in [-0.3, -0.25) is 0 Å². The Balaban J connectivity index is 3.06. The highest BCUT2D eigenvalue weighted by atomic mass is 32.2. The van der Waals surface area contributed by atoms with Crippen LogP contribution >= 0.6 is 0 Å². The molecule has 0 N–H and O–H groups in total. The van der Waals surface area contributed by atoms with Crippen LogP contribution in [0.25, 0.3) is 0 Å². The Hall–Kier alpha value is -1.39. The van der Waals surface area contributed by atoms with Crippen LogP contribution in [0.1, 0.15) is 25.3 Å². The number of unbranched alkanes of at least 4 members (excludes halogenated alkanes) is 1. The molecule has 3 nitrogen and oxygen atoms in total. The molecule has 20 heavy (non-hydrogen) atoms. The number of hydrogen-bond donors (Lipinski definition) is 0. The molecule has 0 aliphatic heterocycles. The summed E-state index contributed by atoms with van der Waals surface area (Å²) in [5.41, 5.74) is 1.04. The number of benzene rings is 1. The van der Waals surface area contributed by atoms with Gasteiger partial charge < -0.3 is 0 Å². The molecule has 0 amide bonds. The van der Waals surface area contributed by atoms with Crippen molar-refractivity contribution in [3.05, 3.63) is 55.1 Å². The molecule has 110 valence electrons. The minimum absolute atomic E-state index is 0.230. The van der Waals surface area contributed by atoms with E-state index in [2.05, 4.69) is 13.2 Å². The Bertz CT molecular complexity index is 546. The van der Waals surface area contributed by atoms with Gasteiger partial charge >= 0.3 is 0 Å². The fourth-order valence-corrected chi connectivity index (χ4v) is 3.54. The molecule has 0 aliphatic carbocycles. The molecule has 0 saturated carbocycles. The van der Waals surface area contributed by atoms with Crippen LogP contribution in [0.2, 0.25) is 0 Å². The summed E-state index contributed by atoms with van der Waals surface area (Å²) in [7, 11) is -3.48. The van der Waals surface area contributed by atoms with E-state index in [-0.39, 0.29) is 6.04 Å². The van der Waals surface area contributed by atoms with Crippen molar-refractivity contribution in [2.45, 2.75) is 37.6 Å². The first-order valence-electron chi connectivity index (χ1n) is 6.75. The first-order valence-corrected chi connectivity index (χ1v) is 8.19. The van der Waals surface area contributed by atoms with Gasteiger partial charge in [-0.05, 0) is 38.8 Å². The standard InChI is InChI=1S/C16H23NO2S/c1-5-7-8-13-17(15(4)6-2)20(18,19)16-11-9-14(3)10-12-16/h5-6,9-12,15H,1-2,7-8,13H2,3-4H3. The van der Waals surface area contributed by atoms with Crippen molar-refractivity contribution in [2.75, 3.05) is 6.54 Å². The number of rotatable bonds is 8. The first-order chi connectivity index (χ1) is 9.43. The minimum atomic E-state index is -3.48. The Labute approximate surface area is 122 Å². The van der Waals surface area contributed by atoms with Gasteiger partial charge in [-0.15, -0.1) is 13.2 Å². The molecule has 1 rings (SSSR count). The molecular weight excluding hydrogens is 270 g/mol. The van der Waals surface area contributed by atoms with Gasteiger partial charge in [0.15, 0.2) is 0 Å². The third kappa shape index (κ3) is 4.05. The summed E-state index contributed by atoms with van der Waals surface area (Å²) in [5, 5.41) is 0. The van der Waals surface area contributed by atoms with Gasteiger partial charge in [0.05, 0.1) is 4.90 Å². The van der Waals surface area contributed by atoms with Crippen molar-refractivity contribution < 1.29 is 8.42 Å². The number of hydrogen-bond acceptors (Lipinski definition) is 2. The van der Waals surface area contributed by atoms with Crippen LogP contribution in [0.3, 0.4) is 0 Å². The highest BCUT2D eigenvalue weighted by molar-refractivity contribution is 7.89. The molecule has 0 bridgehead atoms. The molecule has 0 aliphatic rings. The Morgan fingerprint density at radius 2 is 1.85 bits per heavy atom. The quantitative estimate of drug-likeness (QED) is 0.543. The number of sulfonamides is 1. The predicted molar refractivity (Wildman–Crippen MR) is 84.2 cm³/mol. The maximum Gasteiger partial charge on any atom is 0.243 e. The van der Waals surface area contributed by atoms with E-state index in [9.17, 15) is 8.42 Å². The van der Waals surface area contributed by atoms with E-state index in [1.165, 1.54) is 4.31 Å². The number of nitrogens with zero attached hydrogens (tertiary/aromatic N) is 1. The monoisotopic (exact) mass is 293 g/mol. The lowest BCUT2D eigenvalue weighted by Crippen LogP contribution is -2.38. The number of allylic oxidation sites excluding steroid dienone is 1. The van der Waals surface area contributed by atoms with Gasteiger partial charge in [0.1, 0.15) is 0 Å². The Morgan fingerprint density at radius 3 is 2.35 bits per heavy atom. The molecule has 0 saturated heterocycles. The predicted octanol–water partition coefficient (Wildman–Crippen LogP) is 3.53. The summed E-state index contributed by atoms with van der Waals surface area (Å²) < 4.78 is 26.9. The summed E-state index contributed by atoms with van der Waals surface area (Å²) in [6.07, 6.45) is 5.01. The molecule has 0 heterocycles. The van der Waals surface area contributed by atoms with Crippen LogP contribution in [0, 0.1) is 6.92 Å². The second-order valence-electron chi connectivity index (χ2n) is 4.84. The fourth-order valence-electron chi connectivity index (χ4n) is 1.90. The van der Waals surface area contributed by atoms with Gasteiger partial charge in [0.25, 0.3) is 0 Å². The van der Waals surface area contributed by atoms with E-state index < -0.39 is 10.0 Å². The summed E-state index contributed by atoms with van der Waals surface area (Å²) in [4.78, 5) is 0.329. The van der Waals surface area contributed by atoms with Crippen LogP contribution < -0.4 is 0 Å². The number of aryl methyl sites for hydroxylation is 1.